The average molecular weight is 356 g/mol. The lowest BCUT2D eigenvalue weighted by molar-refractivity contribution is -0.131. The Morgan fingerprint density at radius 1 is 1.27 bits per heavy atom. The summed E-state index contributed by atoms with van der Waals surface area (Å²) in [6.45, 7) is 12.1. The largest absolute Gasteiger partial charge is 0.354 e. The second kappa shape index (κ2) is 11.5. The van der Waals surface area contributed by atoms with Gasteiger partial charge < -0.3 is 11.1 Å². The van der Waals surface area contributed by atoms with Crippen molar-refractivity contribution < 1.29 is 4.79 Å². The molecule has 1 atom stereocenters. The topological polar surface area (TPSA) is 58.4 Å². The van der Waals surface area contributed by atoms with E-state index in [9.17, 15) is 4.79 Å². The lowest BCUT2D eigenvalue weighted by atomic mass is 9.81. The Hall–Kier alpha value is -0.0300. The summed E-state index contributed by atoms with van der Waals surface area (Å²) < 4.78 is 0. The summed E-state index contributed by atoms with van der Waals surface area (Å²) in [6, 6.07) is 0.413. The number of halogens is 2. The number of likely N-dealkylation sites (tertiary alicyclic amines) is 1. The monoisotopic (exact) mass is 355 g/mol. The number of hydrogen-bond donors (Lipinski definition) is 2. The fourth-order valence-electron chi connectivity index (χ4n) is 2.98. The first-order chi connectivity index (χ1) is 9.49. The second-order valence-electron chi connectivity index (χ2n) is 6.47. The zero-order chi connectivity index (χ0) is 15.2. The van der Waals surface area contributed by atoms with Crippen LogP contribution in [0.25, 0.3) is 0 Å². The quantitative estimate of drug-likeness (QED) is 0.738. The van der Waals surface area contributed by atoms with Crippen LogP contribution in [0.4, 0.5) is 0 Å². The van der Waals surface area contributed by atoms with Gasteiger partial charge in [0.15, 0.2) is 0 Å². The number of hydrogen-bond acceptors (Lipinski definition) is 3. The van der Waals surface area contributed by atoms with Crippen LogP contribution < -0.4 is 11.1 Å². The minimum absolute atomic E-state index is 0. The third-order valence-electron chi connectivity index (χ3n) is 5.23. The van der Waals surface area contributed by atoms with Gasteiger partial charge in [-0.2, -0.15) is 0 Å². The lowest BCUT2D eigenvalue weighted by Crippen LogP contribution is -2.50. The van der Waals surface area contributed by atoms with E-state index in [2.05, 4.69) is 24.1 Å². The molecule has 3 N–H and O–H groups in total. The molecule has 1 aliphatic heterocycles. The number of nitrogens with zero attached hydrogens (tertiary/aromatic N) is 1. The molecule has 1 heterocycles. The number of carbonyl (C=O) groups is 1. The zero-order valence-electron chi connectivity index (χ0n) is 14.6. The molecule has 1 fully saturated rings. The Morgan fingerprint density at radius 3 is 2.18 bits per heavy atom. The molecule has 0 aromatic carbocycles. The van der Waals surface area contributed by atoms with Crippen molar-refractivity contribution in [2.45, 2.75) is 59.4 Å². The molecule has 6 heteroatoms. The smallest absolute Gasteiger partial charge is 0.227 e. The number of carbonyl (C=O) groups excluding carboxylic acids is 1. The molecular weight excluding hydrogens is 321 g/mol. The summed E-state index contributed by atoms with van der Waals surface area (Å²) in [7, 11) is 0. The third-order valence-corrected chi connectivity index (χ3v) is 5.23. The van der Waals surface area contributed by atoms with E-state index in [-0.39, 0.29) is 36.1 Å². The summed E-state index contributed by atoms with van der Waals surface area (Å²) in [5, 5.41) is 3.12. The maximum atomic E-state index is 12.4. The van der Waals surface area contributed by atoms with E-state index >= 15 is 0 Å². The highest BCUT2D eigenvalue weighted by Crippen LogP contribution is 2.25. The molecule has 0 aromatic rings. The second-order valence-corrected chi connectivity index (χ2v) is 6.47. The summed E-state index contributed by atoms with van der Waals surface area (Å²) in [5.74, 6) is 0.973. The highest BCUT2D eigenvalue weighted by molar-refractivity contribution is 5.85. The first kappa shape index (κ1) is 24.2. The number of nitrogens with two attached hydrogens (primary N) is 1. The van der Waals surface area contributed by atoms with Crippen LogP contribution in [-0.2, 0) is 4.79 Å². The van der Waals surface area contributed by atoms with Gasteiger partial charge in [0.25, 0.3) is 0 Å². The van der Waals surface area contributed by atoms with E-state index in [1.54, 1.807) is 0 Å². The van der Waals surface area contributed by atoms with Gasteiger partial charge in [-0.3, -0.25) is 9.69 Å². The van der Waals surface area contributed by atoms with Gasteiger partial charge >= 0.3 is 0 Å². The lowest BCUT2D eigenvalue weighted by Gasteiger charge is -2.36. The summed E-state index contributed by atoms with van der Waals surface area (Å²) in [6.07, 6.45) is 4.16. The Kier molecular flexibility index (Phi) is 12.7. The first-order valence-corrected chi connectivity index (χ1v) is 8.21. The minimum atomic E-state index is -0.379. The van der Waals surface area contributed by atoms with Crippen LogP contribution in [0, 0.1) is 11.3 Å². The van der Waals surface area contributed by atoms with Gasteiger partial charge in [-0.05, 0) is 51.6 Å². The predicted molar refractivity (Wildman–Crippen MR) is 99.0 cm³/mol. The third kappa shape index (κ3) is 6.23. The Bertz CT molecular complexity index is 296. The molecule has 1 amide bonds. The van der Waals surface area contributed by atoms with Gasteiger partial charge in [0.2, 0.25) is 5.91 Å². The Balaban J connectivity index is 0. The highest BCUT2D eigenvalue weighted by atomic mass is 35.5. The molecule has 0 aromatic heterocycles. The molecule has 1 rings (SSSR count). The maximum absolute atomic E-state index is 12.4. The molecule has 0 radical (unpaired) electrons. The molecule has 1 saturated heterocycles. The Labute approximate surface area is 148 Å². The van der Waals surface area contributed by atoms with Crippen LogP contribution in [-0.4, -0.2) is 43.0 Å². The molecule has 4 nitrogen and oxygen atoms in total. The minimum Gasteiger partial charge on any atom is -0.354 e. The molecule has 0 spiro atoms. The predicted octanol–water partition coefficient (Wildman–Crippen LogP) is 2.83. The van der Waals surface area contributed by atoms with Crippen LogP contribution >= 0.6 is 24.8 Å². The SMILES string of the molecule is CCC(CC)(CN)C(=O)NCC(C)N1CCC(C)CC1.Cl.Cl. The van der Waals surface area contributed by atoms with Crippen LogP contribution in [0.3, 0.4) is 0 Å². The van der Waals surface area contributed by atoms with Crippen LogP contribution in [0.5, 0.6) is 0 Å². The van der Waals surface area contributed by atoms with E-state index in [4.69, 9.17) is 5.73 Å². The van der Waals surface area contributed by atoms with Gasteiger partial charge in [0.1, 0.15) is 0 Å². The first-order valence-electron chi connectivity index (χ1n) is 8.21. The van der Waals surface area contributed by atoms with Crippen molar-refractivity contribution in [2.24, 2.45) is 17.1 Å². The maximum Gasteiger partial charge on any atom is 0.227 e. The number of nitrogens with one attached hydrogen (secondary N) is 1. The van der Waals surface area contributed by atoms with Crippen molar-refractivity contribution in [3.63, 3.8) is 0 Å². The van der Waals surface area contributed by atoms with Crippen molar-refractivity contribution in [1.29, 1.82) is 0 Å². The molecule has 0 aliphatic carbocycles. The number of piperidine rings is 1. The number of rotatable bonds is 7. The van der Waals surface area contributed by atoms with Gasteiger partial charge in [-0.1, -0.05) is 20.8 Å². The van der Waals surface area contributed by atoms with E-state index in [0.717, 1.165) is 38.4 Å². The number of amides is 1. The van der Waals surface area contributed by atoms with Crippen molar-refractivity contribution in [3.05, 3.63) is 0 Å². The van der Waals surface area contributed by atoms with E-state index in [1.165, 1.54) is 12.8 Å². The molecule has 134 valence electrons. The van der Waals surface area contributed by atoms with Crippen LogP contribution in [0.15, 0.2) is 0 Å². The van der Waals surface area contributed by atoms with Gasteiger partial charge in [0, 0.05) is 19.1 Å². The molecule has 22 heavy (non-hydrogen) atoms. The summed E-state index contributed by atoms with van der Waals surface area (Å²) in [5.41, 5.74) is 5.44. The molecular formula is C16H35Cl2N3O. The van der Waals surface area contributed by atoms with E-state index < -0.39 is 0 Å². The standard InChI is InChI=1S/C16H33N3O.2ClH/c1-5-16(6-2,12-17)15(20)18-11-14(4)19-9-7-13(3)8-10-19;;/h13-14H,5-12,17H2,1-4H3,(H,18,20);2*1H. The van der Waals surface area contributed by atoms with Gasteiger partial charge in [-0.15, -0.1) is 24.8 Å². The van der Waals surface area contributed by atoms with Gasteiger partial charge in [-0.25, -0.2) is 0 Å². The van der Waals surface area contributed by atoms with Crippen molar-refractivity contribution in [1.82, 2.24) is 10.2 Å². The molecule has 1 unspecified atom stereocenters. The Morgan fingerprint density at radius 2 is 1.77 bits per heavy atom. The summed E-state index contributed by atoms with van der Waals surface area (Å²) in [4.78, 5) is 14.9. The van der Waals surface area contributed by atoms with Gasteiger partial charge in [0.05, 0.1) is 5.41 Å². The zero-order valence-corrected chi connectivity index (χ0v) is 16.2. The van der Waals surface area contributed by atoms with E-state index in [1.807, 2.05) is 13.8 Å². The fraction of sp³-hybridized carbons (Fsp3) is 0.938. The molecule has 0 bridgehead atoms. The van der Waals surface area contributed by atoms with Crippen molar-refractivity contribution >= 4 is 30.7 Å². The molecule has 0 saturated carbocycles. The average Bonchev–Trinajstić information content (AvgIpc) is 2.48. The fourth-order valence-corrected chi connectivity index (χ4v) is 2.98. The van der Waals surface area contributed by atoms with Crippen LogP contribution in [0.1, 0.15) is 53.4 Å². The normalized spacial score (nSPS) is 18.0. The van der Waals surface area contributed by atoms with Crippen LogP contribution in [0.2, 0.25) is 0 Å². The molecule has 1 aliphatic rings. The summed E-state index contributed by atoms with van der Waals surface area (Å²) >= 11 is 0. The van der Waals surface area contributed by atoms with Crippen molar-refractivity contribution in [3.8, 4) is 0 Å². The van der Waals surface area contributed by atoms with E-state index in [0.29, 0.717) is 12.6 Å². The van der Waals surface area contributed by atoms with Crippen molar-refractivity contribution in [2.75, 3.05) is 26.2 Å². The highest BCUT2D eigenvalue weighted by Gasteiger charge is 2.33.